The molecule has 0 atom stereocenters. The molecule has 0 bridgehead atoms. The van der Waals surface area contributed by atoms with E-state index in [1.54, 1.807) is 23.1 Å². The van der Waals surface area contributed by atoms with Crippen LogP contribution in [0.1, 0.15) is 30.5 Å². The molecule has 0 N–H and O–H groups in total. The highest BCUT2D eigenvalue weighted by Crippen LogP contribution is 2.39. The van der Waals surface area contributed by atoms with Gasteiger partial charge in [0.2, 0.25) is 5.91 Å². The van der Waals surface area contributed by atoms with Crippen molar-refractivity contribution in [1.29, 1.82) is 0 Å². The summed E-state index contributed by atoms with van der Waals surface area (Å²) in [7, 11) is 1.50. The van der Waals surface area contributed by atoms with E-state index in [0.29, 0.717) is 35.2 Å². The van der Waals surface area contributed by atoms with Crippen molar-refractivity contribution >= 4 is 46.5 Å². The summed E-state index contributed by atoms with van der Waals surface area (Å²) in [5.74, 6) is 0.0849. The number of thioether (sulfide) groups is 1. The number of benzene rings is 2. The Bertz CT molecular complexity index is 1180. The van der Waals surface area contributed by atoms with E-state index in [-0.39, 0.29) is 23.5 Å². The summed E-state index contributed by atoms with van der Waals surface area (Å²) in [5, 5.41) is -0.140. The number of nitrogens with zero attached hydrogens (tertiary/aromatic N) is 2. The average Bonchev–Trinajstić information content (AvgIpc) is 3.07. The van der Waals surface area contributed by atoms with Crippen LogP contribution in [0.3, 0.4) is 0 Å². The van der Waals surface area contributed by atoms with Crippen molar-refractivity contribution in [3.63, 3.8) is 0 Å². The van der Waals surface area contributed by atoms with Crippen LogP contribution in [-0.2, 0) is 22.6 Å². The topological polar surface area (TPSA) is 76.2 Å². The summed E-state index contributed by atoms with van der Waals surface area (Å²) >= 11 is 7.17. The maximum atomic E-state index is 12.9. The van der Waals surface area contributed by atoms with Gasteiger partial charge in [-0.15, -0.1) is 0 Å². The Kier molecular flexibility index (Phi) is 7.19. The third-order valence-electron chi connectivity index (χ3n) is 5.55. The van der Waals surface area contributed by atoms with Crippen molar-refractivity contribution in [3.8, 4) is 11.5 Å². The highest BCUT2D eigenvalue weighted by atomic mass is 35.5. The smallest absolute Gasteiger partial charge is 0.294 e. The molecule has 4 rings (SSSR count). The molecule has 0 aliphatic carbocycles. The number of hydrogen-bond donors (Lipinski definition) is 0. The Labute approximate surface area is 207 Å². The van der Waals surface area contributed by atoms with Crippen molar-refractivity contribution in [2.75, 3.05) is 20.2 Å². The van der Waals surface area contributed by atoms with E-state index in [0.717, 1.165) is 28.6 Å². The molecular formula is C25H25ClN2O5S. The van der Waals surface area contributed by atoms with Gasteiger partial charge in [0.15, 0.2) is 11.5 Å². The highest BCUT2D eigenvalue weighted by molar-refractivity contribution is 8.18. The van der Waals surface area contributed by atoms with Crippen LogP contribution in [0.4, 0.5) is 4.79 Å². The van der Waals surface area contributed by atoms with Crippen LogP contribution in [0.2, 0.25) is 5.02 Å². The van der Waals surface area contributed by atoms with Gasteiger partial charge in [-0.1, -0.05) is 35.9 Å². The molecule has 0 spiro atoms. The number of carbonyl (C=O) groups excluding carboxylic acids is 3. The lowest BCUT2D eigenvalue weighted by Gasteiger charge is -2.29. The van der Waals surface area contributed by atoms with Crippen LogP contribution < -0.4 is 9.47 Å². The predicted molar refractivity (Wildman–Crippen MR) is 132 cm³/mol. The first kappa shape index (κ1) is 24.2. The molecule has 2 aliphatic heterocycles. The molecule has 2 heterocycles. The van der Waals surface area contributed by atoms with Gasteiger partial charge in [0.05, 0.1) is 23.1 Å². The minimum atomic E-state index is -0.502. The van der Waals surface area contributed by atoms with Gasteiger partial charge in [0.25, 0.3) is 11.1 Å². The molecule has 1 fully saturated rings. The number of amides is 3. The molecule has 0 saturated carbocycles. The Morgan fingerprint density at radius 3 is 2.65 bits per heavy atom. The molecule has 0 radical (unpaired) electrons. The van der Waals surface area contributed by atoms with Crippen LogP contribution in [0.15, 0.2) is 41.3 Å². The van der Waals surface area contributed by atoms with Crippen LogP contribution in [-0.4, -0.2) is 53.2 Å². The molecule has 2 aliphatic rings. The molecule has 0 unspecified atom stereocenters. The zero-order chi connectivity index (χ0) is 24.4. The number of carbonyl (C=O) groups is 3. The zero-order valence-corrected chi connectivity index (χ0v) is 20.7. The van der Waals surface area contributed by atoms with Gasteiger partial charge in [0.1, 0.15) is 6.54 Å². The second-order valence-electron chi connectivity index (χ2n) is 8.30. The van der Waals surface area contributed by atoms with Gasteiger partial charge >= 0.3 is 0 Å². The van der Waals surface area contributed by atoms with Gasteiger partial charge in [-0.25, -0.2) is 0 Å². The quantitative estimate of drug-likeness (QED) is 0.532. The molecule has 0 aromatic heterocycles. The van der Waals surface area contributed by atoms with Crippen LogP contribution in [0.5, 0.6) is 11.5 Å². The summed E-state index contributed by atoms with van der Waals surface area (Å²) < 4.78 is 11.1. The molecular weight excluding hydrogens is 476 g/mol. The summed E-state index contributed by atoms with van der Waals surface area (Å²) in [4.78, 5) is 41.3. The lowest BCUT2D eigenvalue weighted by Crippen LogP contribution is -2.44. The largest absolute Gasteiger partial charge is 0.493 e. The number of hydrogen-bond acceptors (Lipinski definition) is 6. The maximum Gasteiger partial charge on any atom is 0.294 e. The van der Waals surface area contributed by atoms with Crippen molar-refractivity contribution in [2.24, 2.45) is 0 Å². The summed E-state index contributed by atoms with van der Waals surface area (Å²) in [6.07, 6.45) is 2.22. The van der Waals surface area contributed by atoms with Gasteiger partial charge < -0.3 is 14.4 Å². The Balaban J connectivity index is 1.49. The van der Waals surface area contributed by atoms with E-state index < -0.39 is 11.1 Å². The average molecular weight is 501 g/mol. The number of fused-ring (bicyclic) bond motifs is 1. The fourth-order valence-electron chi connectivity index (χ4n) is 3.90. The number of imide groups is 1. The highest BCUT2D eigenvalue weighted by Gasteiger charge is 2.37. The first-order valence-corrected chi connectivity index (χ1v) is 12.1. The molecule has 2 aromatic carbocycles. The maximum absolute atomic E-state index is 12.9. The summed E-state index contributed by atoms with van der Waals surface area (Å²) in [6, 6.07) is 11.3. The van der Waals surface area contributed by atoms with Crippen LogP contribution >= 0.6 is 23.4 Å². The SMILES string of the molecule is COc1cc(/C=C2\SC(=O)N(CC(=O)N3CCc4ccccc4C3)C2=O)cc(Cl)c1OC(C)C. The normalized spacial score (nSPS) is 16.9. The van der Waals surface area contributed by atoms with Crippen molar-refractivity contribution in [1.82, 2.24) is 9.80 Å². The van der Waals surface area contributed by atoms with E-state index >= 15 is 0 Å². The number of methoxy groups -OCH3 is 1. The van der Waals surface area contributed by atoms with Crippen LogP contribution in [0.25, 0.3) is 6.08 Å². The van der Waals surface area contributed by atoms with Gasteiger partial charge in [-0.2, -0.15) is 0 Å². The molecule has 178 valence electrons. The predicted octanol–water partition coefficient (Wildman–Crippen LogP) is 4.76. The minimum absolute atomic E-state index is 0.0975. The summed E-state index contributed by atoms with van der Waals surface area (Å²) in [6.45, 7) is 4.51. The first-order valence-electron chi connectivity index (χ1n) is 10.9. The molecule has 3 amide bonds. The van der Waals surface area contributed by atoms with E-state index in [9.17, 15) is 14.4 Å². The third kappa shape index (κ3) is 5.08. The van der Waals surface area contributed by atoms with Crippen LogP contribution in [0, 0.1) is 0 Å². The molecule has 1 saturated heterocycles. The van der Waals surface area contributed by atoms with E-state index in [1.807, 2.05) is 32.0 Å². The Morgan fingerprint density at radius 2 is 1.94 bits per heavy atom. The Hall–Kier alpha value is -2.97. The summed E-state index contributed by atoms with van der Waals surface area (Å²) in [5.41, 5.74) is 2.90. The molecule has 7 nitrogen and oxygen atoms in total. The van der Waals surface area contributed by atoms with Crippen molar-refractivity contribution in [2.45, 2.75) is 32.9 Å². The van der Waals surface area contributed by atoms with E-state index in [2.05, 4.69) is 6.07 Å². The third-order valence-corrected chi connectivity index (χ3v) is 6.74. The second-order valence-corrected chi connectivity index (χ2v) is 9.70. The molecule has 2 aromatic rings. The van der Waals surface area contributed by atoms with Gasteiger partial charge in [0, 0.05) is 13.1 Å². The Morgan fingerprint density at radius 1 is 1.21 bits per heavy atom. The van der Waals surface area contributed by atoms with Crippen molar-refractivity contribution in [3.05, 3.63) is 63.0 Å². The van der Waals surface area contributed by atoms with Gasteiger partial charge in [-0.3, -0.25) is 19.3 Å². The van der Waals surface area contributed by atoms with E-state index in [4.69, 9.17) is 21.1 Å². The second kappa shape index (κ2) is 10.1. The minimum Gasteiger partial charge on any atom is -0.493 e. The first-order chi connectivity index (χ1) is 16.3. The molecule has 9 heteroatoms. The fraction of sp³-hybridized carbons (Fsp3) is 0.320. The fourth-order valence-corrected chi connectivity index (χ4v) is 5.01. The standard InChI is InChI=1S/C25H25ClN2O5S/c1-15(2)33-23-19(26)10-16(11-20(23)32-3)12-21-24(30)28(25(31)34-21)14-22(29)27-9-8-17-6-4-5-7-18(17)13-27/h4-7,10-12,15H,8-9,13-14H2,1-3H3/b21-12-. The van der Waals surface area contributed by atoms with Gasteiger partial charge in [-0.05, 0) is 66.9 Å². The lowest BCUT2D eigenvalue weighted by molar-refractivity contribution is -0.136. The number of halogens is 1. The van der Waals surface area contributed by atoms with Crippen molar-refractivity contribution < 1.29 is 23.9 Å². The monoisotopic (exact) mass is 500 g/mol. The lowest BCUT2D eigenvalue weighted by atomic mass is 10.00. The zero-order valence-electron chi connectivity index (χ0n) is 19.2. The van der Waals surface area contributed by atoms with E-state index in [1.165, 1.54) is 12.7 Å². The number of rotatable bonds is 6. The number of ether oxygens (including phenoxy) is 2. The molecule has 34 heavy (non-hydrogen) atoms.